The molecule has 6 nitrogen and oxygen atoms in total. The minimum atomic E-state index is -0.919. The van der Waals surface area contributed by atoms with Crippen LogP contribution in [0.5, 0.6) is 0 Å². The zero-order chi connectivity index (χ0) is 15.3. The third-order valence-electron chi connectivity index (χ3n) is 2.71. The normalized spacial score (nSPS) is 13.0. The number of aliphatic carboxylic acids is 1. The van der Waals surface area contributed by atoms with Crippen LogP contribution >= 0.6 is 11.5 Å². The first-order chi connectivity index (χ1) is 9.23. The second-order valence-electron chi connectivity index (χ2n) is 5.94. The van der Waals surface area contributed by atoms with Crippen LogP contribution in [0.4, 0.5) is 0 Å². The topological polar surface area (TPSA) is 92.2 Å². The van der Waals surface area contributed by atoms with Crippen LogP contribution in [0.3, 0.4) is 0 Å². The molecule has 1 atom stereocenters. The van der Waals surface area contributed by atoms with E-state index >= 15 is 0 Å². The molecule has 1 aromatic heterocycles. The highest BCUT2D eigenvalue weighted by atomic mass is 32.1. The first kappa shape index (κ1) is 16.6. The van der Waals surface area contributed by atoms with Gasteiger partial charge in [-0.3, -0.25) is 9.59 Å². The second kappa shape index (κ2) is 6.78. The summed E-state index contributed by atoms with van der Waals surface area (Å²) < 4.78 is 3.77. The number of nitrogens with zero attached hydrogens (tertiary/aromatic N) is 2. The smallest absolute Gasteiger partial charge is 0.305 e. The molecule has 0 fully saturated rings. The quantitative estimate of drug-likeness (QED) is 0.839. The summed E-state index contributed by atoms with van der Waals surface area (Å²) in [4.78, 5) is 23.6. The van der Waals surface area contributed by atoms with Crippen LogP contribution in [0.2, 0.25) is 0 Å². The molecule has 0 bridgehead atoms. The molecule has 1 aromatic rings. The fourth-order valence-corrected chi connectivity index (χ4v) is 2.64. The summed E-state index contributed by atoms with van der Waals surface area (Å²) in [5, 5.41) is 15.6. The van der Waals surface area contributed by atoms with Gasteiger partial charge in [0.25, 0.3) is 5.91 Å². The van der Waals surface area contributed by atoms with E-state index in [-0.39, 0.29) is 17.7 Å². The molecular weight excluding hydrogens is 278 g/mol. The number of aromatic nitrogens is 2. The lowest BCUT2D eigenvalue weighted by Gasteiger charge is -2.25. The van der Waals surface area contributed by atoms with Gasteiger partial charge in [0.2, 0.25) is 0 Å². The summed E-state index contributed by atoms with van der Waals surface area (Å²) in [5.41, 5.74) is 0.588. The average Bonchev–Trinajstić information content (AvgIpc) is 2.73. The van der Waals surface area contributed by atoms with E-state index < -0.39 is 12.0 Å². The van der Waals surface area contributed by atoms with E-state index in [1.54, 1.807) is 0 Å². The van der Waals surface area contributed by atoms with Crippen molar-refractivity contribution in [3.63, 3.8) is 0 Å². The van der Waals surface area contributed by atoms with Crippen molar-refractivity contribution >= 4 is 23.4 Å². The maximum absolute atomic E-state index is 12.2. The van der Waals surface area contributed by atoms with E-state index in [0.717, 1.165) is 11.5 Å². The molecular formula is C13H21N3O3S. The van der Waals surface area contributed by atoms with Crippen molar-refractivity contribution in [2.24, 2.45) is 5.41 Å². The van der Waals surface area contributed by atoms with Crippen molar-refractivity contribution in [2.45, 2.75) is 53.0 Å². The highest BCUT2D eigenvalue weighted by molar-refractivity contribution is 7.08. The molecule has 0 aliphatic carbocycles. The second-order valence-corrected chi connectivity index (χ2v) is 6.69. The van der Waals surface area contributed by atoms with Crippen LogP contribution < -0.4 is 5.32 Å². The van der Waals surface area contributed by atoms with Gasteiger partial charge in [0.1, 0.15) is 4.88 Å². The fourth-order valence-electron chi connectivity index (χ4n) is 1.99. The number of aryl methyl sites for hydroxylation is 1. The summed E-state index contributed by atoms with van der Waals surface area (Å²) in [7, 11) is 0. The lowest BCUT2D eigenvalue weighted by Crippen LogP contribution is -2.39. The summed E-state index contributed by atoms with van der Waals surface area (Å²) in [6.07, 6.45) is 1.14. The Kier molecular flexibility index (Phi) is 5.62. The van der Waals surface area contributed by atoms with Gasteiger partial charge in [-0.15, -0.1) is 5.10 Å². The zero-order valence-electron chi connectivity index (χ0n) is 12.3. The molecule has 1 amide bonds. The van der Waals surface area contributed by atoms with Gasteiger partial charge in [0.05, 0.1) is 12.1 Å². The standard InChI is InChI=1S/C13H21N3O3S/c1-5-9-11(20-16-15-9)12(19)14-8(6-10(17)18)7-13(2,3)4/h8H,5-7H2,1-4H3,(H,14,19)(H,17,18). The van der Waals surface area contributed by atoms with Crippen LogP contribution in [0.25, 0.3) is 0 Å². The Labute approximate surface area is 122 Å². The average molecular weight is 299 g/mol. The van der Waals surface area contributed by atoms with Gasteiger partial charge in [0.15, 0.2) is 0 Å². The Morgan fingerprint density at radius 2 is 2.05 bits per heavy atom. The lowest BCUT2D eigenvalue weighted by atomic mass is 9.87. The first-order valence-corrected chi connectivity index (χ1v) is 7.34. The van der Waals surface area contributed by atoms with E-state index in [9.17, 15) is 9.59 Å². The molecule has 0 saturated heterocycles. The van der Waals surface area contributed by atoms with Crippen molar-refractivity contribution in [2.75, 3.05) is 0 Å². The van der Waals surface area contributed by atoms with Crippen LogP contribution in [0, 0.1) is 5.41 Å². The van der Waals surface area contributed by atoms with Gasteiger partial charge in [-0.1, -0.05) is 32.2 Å². The maximum Gasteiger partial charge on any atom is 0.305 e. The van der Waals surface area contributed by atoms with E-state index in [0.29, 0.717) is 23.4 Å². The molecule has 2 N–H and O–H groups in total. The minimum absolute atomic E-state index is 0.0626. The van der Waals surface area contributed by atoms with Gasteiger partial charge < -0.3 is 10.4 Å². The largest absolute Gasteiger partial charge is 0.481 e. The number of carboxylic acid groups (broad SMARTS) is 1. The van der Waals surface area contributed by atoms with E-state index in [1.807, 2.05) is 27.7 Å². The predicted molar refractivity (Wildman–Crippen MR) is 76.9 cm³/mol. The van der Waals surface area contributed by atoms with Gasteiger partial charge in [0, 0.05) is 6.04 Å². The van der Waals surface area contributed by atoms with Crippen LogP contribution in [-0.2, 0) is 11.2 Å². The van der Waals surface area contributed by atoms with Gasteiger partial charge >= 0.3 is 5.97 Å². The number of hydrogen-bond acceptors (Lipinski definition) is 5. The van der Waals surface area contributed by atoms with Crippen molar-refractivity contribution in [1.29, 1.82) is 0 Å². The number of amides is 1. The number of carbonyl (C=O) groups is 2. The number of nitrogens with one attached hydrogen (secondary N) is 1. The Morgan fingerprint density at radius 1 is 1.40 bits per heavy atom. The number of rotatable bonds is 6. The Balaban J connectivity index is 2.78. The third kappa shape index (κ3) is 5.24. The molecule has 0 aliphatic rings. The van der Waals surface area contributed by atoms with E-state index in [1.165, 1.54) is 0 Å². The summed E-state index contributed by atoms with van der Waals surface area (Å²) >= 11 is 1.04. The van der Waals surface area contributed by atoms with Crippen molar-refractivity contribution in [1.82, 2.24) is 14.9 Å². The minimum Gasteiger partial charge on any atom is -0.481 e. The predicted octanol–water partition coefficient (Wildman–Crippen LogP) is 2.11. The van der Waals surface area contributed by atoms with Crippen LogP contribution in [0.15, 0.2) is 0 Å². The first-order valence-electron chi connectivity index (χ1n) is 6.57. The monoisotopic (exact) mass is 299 g/mol. The highest BCUT2D eigenvalue weighted by Gasteiger charge is 2.25. The van der Waals surface area contributed by atoms with Crippen molar-refractivity contribution in [3.8, 4) is 0 Å². The van der Waals surface area contributed by atoms with Gasteiger partial charge in [-0.2, -0.15) is 0 Å². The number of hydrogen-bond donors (Lipinski definition) is 2. The van der Waals surface area contributed by atoms with Crippen LogP contribution in [-0.4, -0.2) is 32.6 Å². The molecule has 0 aliphatic heterocycles. The molecule has 1 rings (SSSR count). The summed E-state index contributed by atoms with van der Waals surface area (Å²) in [5.74, 6) is -1.20. The molecule has 20 heavy (non-hydrogen) atoms. The van der Waals surface area contributed by atoms with Gasteiger partial charge in [-0.25, -0.2) is 0 Å². The molecule has 0 saturated carbocycles. The Morgan fingerprint density at radius 3 is 2.55 bits per heavy atom. The molecule has 1 heterocycles. The number of carbonyl (C=O) groups excluding carboxylic acids is 1. The van der Waals surface area contributed by atoms with E-state index in [2.05, 4.69) is 14.9 Å². The van der Waals surface area contributed by atoms with Crippen molar-refractivity contribution < 1.29 is 14.7 Å². The van der Waals surface area contributed by atoms with E-state index in [4.69, 9.17) is 5.11 Å². The van der Waals surface area contributed by atoms with Gasteiger partial charge in [-0.05, 0) is 29.8 Å². The Bertz CT molecular complexity index is 479. The van der Waals surface area contributed by atoms with Crippen molar-refractivity contribution in [3.05, 3.63) is 10.6 Å². The molecule has 7 heteroatoms. The molecule has 0 aromatic carbocycles. The Hall–Kier alpha value is -1.50. The molecule has 112 valence electrons. The summed E-state index contributed by atoms with van der Waals surface area (Å²) in [6, 6.07) is -0.396. The SMILES string of the molecule is CCc1nnsc1C(=O)NC(CC(=O)O)CC(C)(C)C. The lowest BCUT2D eigenvalue weighted by molar-refractivity contribution is -0.137. The highest BCUT2D eigenvalue weighted by Crippen LogP contribution is 2.23. The summed E-state index contributed by atoms with van der Waals surface area (Å²) in [6.45, 7) is 7.94. The third-order valence-corrected chi connectivity index (χ3v) is 3.48. The molecule has 0 radical (unpaired) electrons. The molecule has 1 unspecified atom stereocenters. The van der Waals surface area contributed by atoms with Crippen LogP contribution in [0.1, 0.15) is 55.9 Å². The number of carboxylic acids is 1. The molecule has 0 spiro atoms. The fraction of sp³-hybridized carbons (Fsp3) is 0.692. The maximum atomic E-state index is 12.2. The zero-order valence-corrected chi connectivity index (χ0v) is 13.1.